The smallest absolute Gasteiger partial charge is 0.255 e. The van der Waals surface area contributed by atoms with E-state index >= 15 is 0 Å². The van der Waals surface area contributed by atoms with E-state index in [0.717, 1.165) is 21.5 Å². The highest BCUT2D eigenvalue weighted by molar-refractivity contribution is 9.10. The van der Waals surface area contributed by atoms with Crippen molar-refractivity contribution in [1.29, 1.82) is 0 Å². The molecular formula is C19H15BrN2O. The lowest BCUT2D eigenvalue weighted by Gasteiger charge is -2.13. The number of hydrogen-bond donors (Lipinski definition) is 2. The van der Waals surface area contributed by atoms with Gasteiger partial charge >= 0.3 is 0 Å². The van der Waals surface area contributed by atoms with E-state index in [1.54, 1.807) is 12.1 Å². The molecule has 0 radical (unpaired) electrons. The molecule has 3 rings (SSSR count). The summed E-state index contributed by atoms with van der Waals surface area (Å²) in [6.07, 6.45) is 0. The Bertz CT molecular complexity index is 801. The molecule has 3 aromatic carbocycles. The van der Waals surface area contributed by atoms with Gasteiger partial charge in [0.15, 0.2) is 0 Å². The number of rotatable bonds is 4. The average Bonchev–Trinajstić information content (AvgIpc) is 2.59. The van der Waals surface area contributed by atoms with Crippen LogP contribution < -0.4 is 10.6 Å². The highest BCUT2D eigenvalue weighted by atomic mass is 79.9. The second-order valence-corrected chi connectivity index (χ2v) is 5.91. The first-order valence-corrected chi connectivity index (χ1v) is 8.00. The number of nitrogens with one attached hydrogen (secondary N) is 2. The Morgan fingerprint density at radius 3 is 2.04 bits per heavy atom. The second-order valence-electron chi connectivity index (χ2n) is 5.00. The highest BCUT2D eigenvalue weighted by Gasteiger charge is 2.08. The van der Waals surface area contributed by atoms with Gasteiger partial charge in [0.2, 0.25) is 0 Å². The second kappa shape index (κ2) is 7.11. The monoisotopic (exact) mass is 366 g/mol. The third kappa shape index (κ3) is 3.99. The van der Waals surface area contributed by atoms with Crippen LogP contribution in [0.2, 0.25) is 0 Å². The lowest BCUT2D eigenvalue weighted by Crippen LogP contribution is -2.12. The predicted molar refractivity (Wildman–Crippen MR) is 98.3 cm³/mol. The van der Waals surface area contributed by atoms with Gasteiger partial charge < -0.3 is 10.6 Å². The van der Waals surface area contributed by atoms with E-state index in [9.17, 15) is 4.79 Å². The molecule has 0 fully saturated rings. The first-order valence-electron chi connectivity index (χ1n) is 7.20. The topological polar surface area (TPSA) is 41.1 Å². The molecule has 0 aliphatic heterocycles. The zero-order valence-corrected chi connectivity index (χ0v) is 13.9. The summed E-state index contributed by atoms with van der Waals surface area (Å²) in [5.74, 6) is -0.129. The molecule has 0 unspecified atom stereocenters. The van der Waals surface area contributed by atoms with E-state index < -0.39 is 0 Å². The normalized spacial score (nSPS) is 10.1. The fourth-order valence-corrected chi connectivity index (χ4v) is 2.44. The standard InChI is InChI=1S/C19H15BrN2O/c20-15-10-12-16(13-11-15)21-17-8-4-5-9-18(17)22-19(23)14-6-2-1-3-7-14/h1-13,21H,(H,22,23). The maximum atomic E-state index is 12.3. The van der Waals surface area contributed by atoms with E-state index in [2.05, 4.69) is 26.6 Å². The molecule has 0 aromatic heterocycles. The molecule has 0 spiro atoms. The van der Waals surface area contributed by atoms with Crippen LogP contribution in [0.25, 0.3) is 0 Å². The van der Waals surface area contributed by atoms with Gasteiger partial charge in [-0.1, -0.05) is 46.3 Å². The summed E-state index contributed by atoms with van der Waals surface area (Å²) in [6.45, 7) is 0. The largest absolute Gasteiger partial charge is 0.354 e. The molecule has 2 N–H and O–H groups in total. The molecule has 3 nitrogen and oxygen atoms in total. The Morgan fingerprint density at radius 1 is 0.739 bits per heavy atom. The number of amides is 1. The Hall–Kier alpha value is -2.59. The van der Waals surface area contributed by atoms with Gasteiger partial charge in [0.1, 0.15) is 0 Å². The lowest BCUT2D eigenvalue weighted by molar-refractivity contribution is 0.102. The van der Waals surface area contributed by atoms with Crippen molar-refractivity contribution in [3.8, 4) is 0 Å². The van der Waals surface area contributed by atoms with Gasteiger partial charge in [-0.05, 0) is 48.5 Å². The van der Waals surface area contributed by atoms with Crippen LogP contribution in [0.1, 0.15) is 10.4 Å². The predicted octanol–water partition coefficient (Wildman–Crippen LogP) is 5.45. The minimum Gasteiger partial charge on any atom is -0.354 e. The number of benzene rings is 3. The van der Waals surface area contributed by atoms with Crippen LogP contribution in [0.4, 0.5) is 17.1 Å². The number of halogens is 1. The van der Waals surface area contributed by atoms with Gasteiger partial charge in [0, 0.05) is 15.7 Å². The zero-order valence-electron chi connectivity index (χ0n) is 12.3. The maximum absolute atomic E-state index is 12.3. The van der Waals surface area contributed by atoms with Crippen LogP contribution >= 0.6 is 15.9 Å². The van der Waals surface area contributed by atoms with Gasteiger partial charge in [0.25, 0.3) is 5.91 Å². The molecule has 23 heavy (non-hydrogen) atoms. The average molecular weight is 367 g/mol. The Kier molecular flexibility index (Phi) is 4.74. The molecule has 1 amide bonds. The van der Waals surface area contributed by atoms with Crippen molar-refractivity contribution in [2.45, 2.75) is 0 Å². The van der Waals surface area contributed by atoms with Gasteiger partial charge in [-0.3, -0.25) is 4.79 Å². The molecule has 4 heteroatoms. The Morgan fingerprint density at radius 2 is 1.35 bits per heavy atom. The SMILES string of the molecule is O=C(Nc1ccccc1Nc1ccc(Br)cc1)c1ccccc1. The number of carbonyl (C=O) groups is 1. The summed E-state index contributed by atoms with van der Waals surface area (Å²) >= 11 is 3.42. The molecule has 0 heterocycles. The molecule has 0 bridgehead atoms. The third-order valence-corrected chi connectivity index (χ3v) is 3.86. The van der Waals surface area contributed by atoms with Crippen molar-refractivity contribution in [3.05, 3.63) is 88.9 Å². The molecule has 0 atom stereocenters. The molecule has 0 aliphatic rings. The summed E-state index contributed by atoms with van der Waals surface area (Å²) in [7, 11) is 0. The number of hydrogen-bond acceptors (Lipinski definition) is 2. The van der Waals surface area contributed by atoms with Gasteiger partial charge in [-0.25, -0.2) is 0 Å². The molecule has 3 aromatic rings. The van der Waals surface area contributed by atoms with Crippen molar-refractivity contribution in [1.82, 2.24) is 0 Å². The van der Waals surface area contributed by atoms with Gasteiger partial charge in [-0.2, -0.15) is 0 Å². The molecule has 114 valence electrons. The van der Waals surface area contributed by atoms with Crippen LogP contribution in [-0.2, 0) is 0 Å². The Balaban J connectivity index is 1.80. The number of para-hydroxylation sites is 2. The number of anilines is 3. The van der Waals surface area contributed by atoms with Crippen molar-refractivity contribution < 1.29 is 4.79 Å². The quantitative estimate of drug-likeness (QED) is 0.644. The van der Waals surface area contributed by atoms with Crippen molar-refractivity contribution in [2.24, 2.45) is 0 Å². The zero-order chi connectivity index (χ0) is 16.1. The fourth-order valence-electron chi connectivity index (χ4n) is 2.17. The number of carbonyl (C=O) groups excluding carboxylic acids is 1. The first kappa shape index (κ1) is 15.3. The van der Waals surface area contributed by atoms with E-state index in [4.69, 9.17) is 0 Å². The summed E-state index contributed by atoms with van der Waals surface area (Å²) in [6, 6.07) is 24.7. The van der Waals surface area contributed by atoms with E-state index in [-0.39, 0.29) is 5.91 Å². The summed E-state index contributed by atoms with van der Waals surface area (Å²) in [5, 5.41) is 6.27. The minimum absolute atomic E-state index is 0.129. The summed E-state index contributed by atoms with van der Waals surface area (Å²) in [4.78, 5) is 12.3. The van der Waals surface area contributed by atoms with Crippen molar-refractivity contribution in [3.63, 3.8) is 0 Å². The van der Waals surface area contributed by atoms with E-state index in [1.165, 1.54) is 0 Å². The summed E-state index contributed by atoms with van der Waals surface area (Å²) < 4.78 is 1.02. The minimum atomic E-state index is -0.129. The van der Waals surface area contributed by atoms with Crippen molar-refractivity contribution in [2.75, 3.05) is 10.6 Å². The van der Waals surface area contributed by atoms with Crippen LogP contribution in [0.3, 0.4) is 0 Å². The van der Waals surface area contributed by atoms with E-state index in [0.29, 0.717) is 5.56 Å². The van der Waals surface area contributed by atoms with Crippen LogP contribution in [0.15, 0.2) is 83.3 Å². The lowest BCUT2D eigenvalue weighted by atomic mass is 10.2. The molecule has 0 aliphatic carbocycles. The van der Waals surface area contributed by atoms with Crippen LogP contribution in [0.5, 0.6) is 0 Å². The van der Waals surface area contributed by atoms with Gasteiger partial charge in [0.05, 0.1) is 11.4 Å². The van der Waals surface area contributed by atoms with Crippen LogP contribution in [-0.4, -0.2) is 5.91 Å². The van der Waals surface area contributed by atoms with Crippen LogP contribution in [0, 0.1) is 0 Å². The molecule has 0 saturated heterocycles. The fraction of sp³-hybridized carbons (Fsp3) is 0. The first-order chi connectivity index (χ1) is 11.2. The van der Waals surface area contributed by atoms with Crippen molar-refractivity contribution >= 4 is 38.9 Å². The molecular weight excluding hydrogens is 352 g/mol. The van der Waals surface area contributed by atoms with Gasteiger partial charge in [-0.15, -0.1) is 0 Å². The highest BCUT2D eigenvalue weighted by Crippen LogP contribution is 2.26. The summed E-state index contributed by atoms with van der Waals surface area (Å²) in [5.41, 5.74) is 3.17. The van der Waals surface area contributed by atoms with E-state index in [1.807, 2.05) is 66.7 Å². The Labute approximate surface area is 143 Å². The molecule has 0 saturated carbocycles. The third-order valence-electron chi connectivity index (χ3n) is 3.33. The maximum Gasteiger partial charge on any atom is 0.255 e.